The van der Waals surface area contributed by atoms with Crippen molar-refractivity contribution >= 4 is 29.9 Å². The number of nitrogens with one attached hydrogen (secondary N) is 2. The first kappa shape index (κ1) is 13.6. The summed E-state index contributed by atoms with van der Waals surface area (Å²) in [6, 6.07) is 0. The van der Waals surface area contributed by atoms with E-state index in [0.29, 0.717) is 17.7 Å². The summed E-state index contributed by atoms with van der Waals surface area (Å²) in [7, 11) is 0. The second-order valence-electron chi connectivity index (χ2n) is 4.23. The number of amides is 1. The summed E-state index contributed by atoms with van der Waals surface area (Å²) < 4.78 is 2.59. The van der Waals surface area contributed by atoms with Gasteiger partial charge in [-0.25, -0.2) is 0 Å². The summed E-state index contributed by atoms with van der Waals surface area (Å²) in [6.07, 6.45) is 2.87. The second kappa shape index (κ2) is 6.38. The van der Waals surface area contributed by atoms with E-state index >= 15 is 0 Å². The van der Waals surface area contributed by atoms with Crippen molar-refractivity contribution in [1.29, 1.82) is 0 Å². The molecule has 2 N–H and O–H groups in total. The molecule has 0 radical (unpaired) electrons. The summed E-state index contributed by atoms with van der Waals surface area (Å²) >= 11 is 6.87. The van der Waals surface area contributed by atoms with Crippen LogP contribution >= 0.6 is 24.0 Å². The lowest BCUT2D eigenvalue weighted by molar-refractivity contribution is -0.120. The van der Waals surface area contributed by atoms with E-state index in [-0.39, 0.29) is 11.2 Å². The van der Waals surface area contributed by atoms with E-state index in [2.05, 4.69) is 15.5 Å². The Hall–Kier alpha value is -0.820. The number of rotatable bonds is 5. The molecule has 1 fully saturated rings. The molecule has 0 spiro atoms. The molecular formula is C11H18N4OS2. The molecule has 1 aliphatic rings. The van der Waals surface area contributed by atoms with Crippen molar-refractivity contribution in [1.82, 2.24) is 20.1 Å². The van der Waals surface area contributed by atoms with Gasteiger partial charge >= 0.3 is 0 Å². The number of hydrogen-bond donors (Lipinski definition) is 2. The number of carbonyl (C=O) groups excluding carboxylic acids is 1. The van der Waals surface area contributed by atoms with E-state index in [9.17, 15) is 4.79 Å². The van der Waals surface area contributed by atoms with Gasteiger partial charge in [0.15, 0.2) is 4.77 Å². The molecule has 1 aromatic heterocycles. The Balaban J connectivity index is 1.81. The highest BCUT2D eigenvalue weighted by atomic mass is 32.2. The van der Waals surface area contributed by atoms with Crippen LogP contribution in [-0.4, -0.2) is 38.2 Å². The predicted molar refractivity (Wildman–Crippen MR) is 75.3 cm³/mol. The van der Waals surface area contributed by atoms with Crippen LogP contribution in [0.4, 0.5) is 0 Å². The van der Waals surface area contributed by atoms with Crippen LogP contribution in [-0.2, 0) is 17.8 Å². The number of carbonyl (C=O) groups is 1. The molecule has 1 saturated heterocycles. The van der Waals surface area contributed by atoms with Gasteiger partial charge in [-0.15, -0.1) is 11.8 Å². The van der Waals surface area contributed by atoms with Crippen LogP contribution < -0.4 is 5.32 Å². The van der Waals surface area contributed by atoms with Crippen LogP contribution in [0.25, 0.3) is 0 Å². The third kappa shape index (κ3) is 3.14. The number of aromatic nitrogens is 3. The van der Waals surface area contributed by atoms with Crippen LogP contribution in [0.1, 0.15) is 25.6 Å². The normalized spacial score (nSPS) is 19.1. The number of H-pyrrole nitrogens is 1. The number of thioether (sulfide) groups is 1. The molecule has 7 heteroatoms. The zero-order chi connectivity index (χ0) is 13.0. The molecule has 1 amide bonds. The highest BCUT2D eigenvalue weighted by molar-refractivity contribution is 8.00. The molecule has 1 atom stereocenters. The lowest BCUT2D eigenvalue weighted by Crippen LogP contribution is -2.33. The fourth-order valence-corrected chi connectivity index (χ4v) is 3.53. The summed E-state index contributed by atoms with van der Waals surface area (Å²) in [5, 5.41) is 10.1. The van der Waals surface area contributed by atoms with Crippen LogP contribution in [0, 0.1) is 4.77 Å². The lowest BCUT2D eigenvalue weighted by Gasteiger charge is -2.09. The Morgan fingerprint density at radius 1 is 1.72 bits per heavy atom. The quantitative estimate of drug-likeness (QED) is 0.806. The maximum atomic E-state index is 11.8. The van der Waals surface area contributed by atoms with Crippen LogP contribution in [0.5, 0.6) is 0 Å². The van der Waals surface area contributed by atoms with E-state index in [4.69, 9.17) is 12.2 Å². The molecule has 100 valence electrons. The summed E-state index contributed by atoms with van der Waals surface area (Å²) in [4.78, 5) is 11.8. The maximum absolute atomic E-state index is 11.8. The Bertz CT molecular complexity index is 462. The molecule has 0 aromatic carbocycles. The van der Waals surface area contributed by atoms with Crippen molar-refractivity contribution in [2.75, 3.05) is 12.3 Å². The van der Waals surface area contributed by atoms with Crippen molar-refractivity contribution in [2.24, 2.45) is 0 Å². The minimum absolute atomic E-state index is 0.150. The zero-order valence-electron chi connectivity index (χ0n) is 10.4. The zero-order valence-corrected chi connectivity index (χ0v) is 12.1. The number of nitrogens with zero attached hydrogens (tertiary/aromatic N) is 2. The molecule has 1 aliphatic heterocycles. The van der Waals surface area contributed by atoms with Gasteiger partial charge in [0.1, 0.15) is 5.82 Å². The molecule has 1 aromatic rings. The molecule has 1 unspecified atom stereocenters. The van der Waals surface area contributed by atoms with E-state index in [1.165, 1.54) is 0 Å². The first-order chi connectivity index (χ1) is 8.72. The van der Waals surface area contributed by atoms with Gasteiger partial charge in [-0.05, 0) is 37.7 Å². The summed E-state index contributed by atoms with van der Waals surface area (Å²) in [5.41, 5.74) is 0. The highest BCUT2D eigenvalue weighted by Crippen LogP contribution is 2.25. The summed E-state index contributed by atoms with van der Waals surface area (Å²) in [6.45, 7) is 3.45. The lowest BCUT2D eigenvalue weighted by atomic mass is 10.2. The molecular weight excluding hydrogens is 268 g/mol. The van der Waals surface area contributed by atoms with Gasteiger partial charge in [0.25, 0.3) is 0 Å². The SMILES string of the molecule is CCn1c(CCNC(=O)C2CCCS2)n[nH]c1=S. The van der Waals surface area contributed by atoms with Gasteiger partial charge < -0.3 is 9.88 Å². The first-order valence-corrected chi connectivity index (χ1v) is 7.71. The number of hydrogen-bond acceptors (Lipinski definition) is 4. The number of aromatic amines is 1. The maximum Gasteiger partial charge on any atom is 0.233 e. The fourth-order valence-electron chi connectivity index (χ4n) is 2.06. The molecule has 5 nitrogen and oxygen atoms in total. The molecule has 0 saturated carbocycles. The van der Waals surface area contributed by atoms with Crippen molar-refractivity contribution in [3.05, 3.63) is 10.6 Å². The van der Waals surface area contributed by atoms with E-state index in [0.717, 1.165) is 31.0 Å². The van der Waals surface area contributed by atoms with Gasteiger partial charge in [0.05, 0.1) is 5.25 Å². The van der Waals surface area contributed by atoms with Gasteiger partial charge in [0.2, 0.25) is 5.91 Å². The molecule has 2 heterocycles. The van der Waals surface area contributed by atoms with E-state index < -0.39 is 0 Å². The first-order valence-electron chi connectivity index (χ1n) is 6.25. The van der Waals surface area contributed by atoms with Crippen LogP contribution in [0.2, 0.25) is 0 Å². The largest absolute Gasteiger partial charge is 0.355 e. The Labute approximate surface area is 116 Å². The molecule has 18 heavy (non-hydrogen) atoms. The molecule has 0 aliphatic carbocycles. The van der Waals surface area contributed by atoms with Crippen molar-refractivity contribution in [2.45, 2.75) is 38.0 Å². The predicted octanol–water partition coefficient (Wildman–Crippen LogP) is 1.51. The second-order valence-corrected chi connectivity index (χ2v) is 5.93. The minimum Gasteiger partial charge on any atom is -0.355 e. The molecule has 2 rings (SSSR count). The van der Waals surface area contributed by atoms with Gasteiger partial charge in [0, 0.05) is 19.5 Å². The average molecular weight is 286 g/mol. The Morgan fingerprint density at radius 3 is 3.22 bits per heavy atom. The van der Waals surface area contributed by atoms with Gasteiger partial charge in [-0.3, -0.25) is 9.89 Å². The highest BCUT2D eigenvalue weighted by Gasteiger charge is 2.22. The standard InChI is InChI=1S/C11H18N4OS2/c1-2-15-9(13-14-11(15)17)5-6-12-10(16)8-4-3-7-18-8/h8H,2-7H2,1H3,(H,12,16)(H,14,17). The average Bonchev–Trinajstić information content (AvgIpc) is 2.99. The monoisotopic (exact) mass is 286 g/mol. The van der Waals surface area contributed by atoms with Crippen molar-refractivity contribution < 1.29 is 4.79 Å². The summed E-state index contributed by atoms with van der Waals surface area (Å²) in [5.74, 6) is 2.17. The fraction of sp³-hybridized carbons (Fsp3) is 0.727. The van der Waals surface area contributed by atoms with Crippen LogP contribution in [0.15, 0.2) is 0 Å². The molecule has 0 bridgehead atoms. The van der Waals surface area contributed by atoms with Gasteiger partial charge in [-0.1, -0.05) is 0 Å². The third-order valence-electron chi connectivity index (χ3n) is 3.02. The van der Waals surface area contributed by atoms with Crippen LogP contribution in [0.3, 0.4) is 0 Å². The van der Waals surface area contributed by atoms with Crippen molar-refractivity contribution in [3.8, 4) is 0 Å². The van der Waals surface area contributed by atoms with E-state index in [1.807, 2.05) is 11.5 Å². The third-order valence-corrected chi connectivity index (χ3v) is 4.71. The van der Waals surface area contributed by atoms with Gasteiger partial charge in [-0.2, -0.15) is 5.10 Å². The minimum atomic E-state index is 0.150. The van der Waals surface area contributed by atoms with E-state index in [1.54, 1.807) is 11.8 Å². The Morgan fingerprint density at radius 2 is 2.56 bits per heavy atom. The smallest absolute Gasteiger partial charge is 0.233 e. The topological polar surface area (TPSA) is 62.7 Å². The van der Waals surface area contributed by atoms with Crippen molar-refractivity contribution in [3.63, 3.8) is 0 Å². The Kier molecular flexibility index (Phi) is 4.82.